The van der Waals surface area contributed by atoms with Crippen molar-refractivity contribution in [3.63, 3.8) is 0 Å². The lowest BCUT2D eigenvalue weighted by molar-refractivity contribution is 0.00942. The number of aliphatic hydroxyl groups excluding tert-OH is 2. The van der Waals surface area contributed by atoms with E-state index in [1.165, 1.54) is 12.2 Å². The fourth-order valence-electron chi connectivity index (χ4n) is 1.56. The van der Waals surface area contributed by atoms with E-state index in [1.807, 2.05) is 0 Å². The summed E-state index contributed by atoms with van der Waals surface area (Å²) in [4.78, 5) is 27.1. The number of carbonyl (C=O) groups excluding carboxylic acids is 2. The number of unbranched alkanes of at least 4 members (excludes halogenated alkanes) is 2. The SMILES string of the molecule is O=C=NCCCCCC(N=C=O)C(O)COCCO. The van der Waals surface area contributed by atoms with Crippen molar-refractivity contribution in [3.05, 3.63) is 0 Å². The van der Waals surface area contributed by atoms with E-state index in [9.17, 15) is 14.7 Å². The van der Waals surface area contributed by atoms with Gasteiger partial charge in [-0.15, -0.1) is 0 Å². The van der Waals surface area contributed by atoms with Crippen molar-refractivity contribution < 1.29 is 24.5 Å². The zero-order chi connectivity index (χ0) is 14.3. The number of hydrogen-bond acceptors (Lipinski definition) is 7. The minimum atomic E-state index is -0.888. The van der Waals surface area contributed by atoms with Gasteiger partial charge in [0.2, 0.25) is 12.2 Å². The predicted octanol–water partition coefficient (Wildman–Crippen LogP) is -0.0432. The summed E-state index contributed by atoms with van der Waals surface area (Å²) in [5, 5.41) is 18.3. The highest BCUT2D eigenvalue weighted by atomic mass is 16.5. The van der Waals surface area contributed by atoms with Gasteiger partial charge in [0.1, 0.15) is 6.10 Å². The highest BCUT2D eigenvalue weighted by Gasteiger charge is 2.18. The maximum Gasteiger partial charge on any atom is 0.235 e. The van der Waals surface area contributed by atoms with Crippen LogP contribution in [0.5, 0.6) is 0 Å². The Morgan fingerprint density at radius 1 is 1.16 bits per heavy atom. The first-order valence-electron chi connectivity index (χ1n) is 6.23. The van der Waals surface area contributed by atoms with Crippen molar-refractivity contribution in [3.8, 4) is 0 Å². The van der Waals surface area contributed by atoms with E-state index in [2.05, 4.69) is 9.98 Å². The number of nitrogens with zero attached hydrogens (tertiary/aromatic N) is 2. The van der Waals surface area contributed by atoms with Crippen molar-refractivity contribution in [2.24, 2.45) is 9.98 Å². The third kappa shape index (κ3) is 10.3. The van der Waals surface area contributed by atoms with Crippen molar-refractivity contribution in [2.75, 3.05) is 26.4 Å². The fraction of sp³-hybridized carbons (Fsp3) is 0.833. The van der Waals surface area contributed by atoms with Crippen LogP contribution in [-0.2, 0) is 14.3 Å². The standard InChI is InChI=1S/C12H20N2O5/c15-6-7-19-8-12(18)11(14-10-17)4-2-1-3-5-13-9-16/h11-12,15,18H,1-8H2. The molecule has 2 atom stereocenters. The summed E-state index contributed by atoms with van der Waals surface area (Å²) in [5.74, 6) is 0. The maximum atomic E-state index is 10.3. The van der Waals surface area contributed by atoms with Gasteiger partial charge in [0, 0.05) is 0 Å². The molecule has 0 saturated heterocycles. The number of ether oxygens (including phenoxy) is 1. The summed E-state index contributed by atoms with van der Waals surface area (Å²) >= 11 is 0. The van der Waals surface area contributed by atoms with Gasteiger partial charge in [0.25, 0.3) is 0 Å². The van der Waals surface area contributed by atoms with Gasteiger partial charge in [-0.1, -0.05) is 12.8 Å². The van der Waals surface area contributed by atoms with Crippen LogP contribution < -0.4 is 0 Å². The zero-order valence-corrected chi connectivity index (χ0v) is 10.8. The fourth-order valence-corrected chi connectivity index (χ4v) is 1.56. The molecule has 0 amide bonds. The molecule has 0 saturated carbocycles. The molecule has 2 unspecified atom stereocenters. The third-order valence-corrected chi connectivity index (χ3v) is 2.52. The van der Waals surface area contributed by atoms with Crippen LogP contribution in [0.2, 0.25) is 0 Å². The maximum absolute atomic E-state index is 10.3. The lowest BCUT2D eigenvalue weighted by Crippen LogP contribution is -2.29. The number of rotatable bonds is 12. The third-order valence-electron chi connectivity index (χ3n) is 2.52. The summed E-state index contributed by atoms with van der Waals surface area (Å²) in [5.41, 5.74) is 0. The minimum Gasteiger partial charge on any atom is -0.394 e. The molecule has 7 nitrogen and oxygen atoms in total. The van der Waals surface area contributed by atoms with Gasteiger partial charge in [-0.05, 0) is 12.8 Å². The predicted molar refractivity (Wildman–Crippen MR) is 67.3 cm³/mol. The second-order valence-corrected chi connectivity index (χ2v) is 3.98. The summed E-state index contributed by atoms with van der Waals surface area (Å²) in [6.45, 7) is 0.475. The van der Waals surface area contributed by atoms with Gasteiger partial charge < -0.3 is 14.9 Å². The Kier molecular flexibility index (Phi) is 12.1. The first kappa shape index (κ1) is 17.6. The van der Waals surface area contributed by atoms with Crippen molar-refractivity contribution in [2.45, 2.75) is 37.8 Å². The Morgan fingerprint density at radius 3 is 2.58 bits per heavy atom. The minimum absolute atomic E-state index is 0.0197. The molecule has 0 bridgehead atoms. The highest BCUT2D eigenvalue weighted by molar-refractivity contribution is 5.33. The molecule has 0 aliphatic heterocycles. The van der Waals surface area contributed by atoms with Crippen LogP contribution in [0.25, 0.3) is 0 Å². The van der Waals surface area contributed by atoms with E-state index >= 15 is 0 Å². The molecule has 0 aromatic heterocycles. The Hall–Kier alpha value is -1.36. The van der Waals surface area contributed by atoms with E-state index in [1.54, 1.807) is 0 Å². The van der Waals surface area contributed by atoms with Gasteiger partial charge in [0.15, 0.2) is 0 Å². The van der Waals surface area contributed by atoms with Crippen LogP contribution in [0.4, 0.5) is 0 Å². The van der Waals surface area contributed by atoms with E-state index in [0.29, 0.717) is 13.0 Å². The van der Waals surface area contributed by atoms with E-state index in [-0.39, 0.29) is 19.8 Å². The monoisotopic (exact) mass is 272 g/mol. The van der Waals surface area contributed by atoms with Gasteiger partial charge in [-0.2, -0.15) is 4.99 Å². The molecule has 2 N–H and O–H groups in total. The molecule has 0 aliphatic rings. The number of isocyanates is 2. The van der Waals surface area contributed by atoms with Crippen LogP contribution in [0.15, 0.2) is 9.98 Å². The van der Waals surface area contributed by atoms with Gasteiger partial charge in [-0.25, -0.2) is 14.6 Å². The second kappa shape index (κ2) is 13.1. The molecule has 0 fully saturated rings. The Labute approximate surface area is 112 Å². The first-order valence-corrected chi connectivity index (χ1v) is 6.23. The normalized spacial score (nSPS) is 13.2. The quantitative estimate of drug-likeness (QED) is 0.294. The molecule has 0 rings (SSSR count). The molecule has 0 aromatic carbocycles. The van der Waals surface area contributed by atoms with Crippen molar-refractivity contribution in [1.82, 2.24) is 0 Å². The molecular formula is C12H20N2O5. The topological polar surface area (TPSA) is 109 Å². The molecule has 0 heterocycles. The van der Waals surface area contributed by atoms with Crippen molar-refractivity contribution >= 4 is 12.2 Å². The van der Waals surface area contributed by atoms with E-state index in [0.717, 1.165) is 19.3 Å². The summed E-state index contributed by atoms with van der Waals surface area (Å²) in [7, 11) is 0. The average Bonchev–Trinajstić information content (AvgIpc) is 2.41. The summed E-state index contributed by atoms with van der Waals surface area (Å²) in [6, 6.07) is -0.550. The summed E-state index contributed by atoms with van der Waals surface area (Å²) < 4.78 is 4.98. The smallest absolute Gasteiger partial charge is 0.235 e. The van der Waals surface area contributed by atoms with Crippen molar-refractivity contribution in [1.29, 1.82) is 0 Å². The van der Waals surface area contributed by atoms with Crippen LogP contribution >= 0.6 is 0 Å². The highest BCUT2D eigenvalue weighted by Crippen LogP contribution is 2.11. The number of aliphatic hydroxyl groups is 2. The first-order chi connectivity index (χ1) is 9.26. The molecule has 19 heavy (non-hydrogen) atoms. The second-order valence-electron chi connectivity index (χ2n) is 3.98. The molecule has 0 spiro atoms. The zero-order valence-electron chi connectivity index (χ0n) is 10.8. The van der Waals surface area contributed by atoms with Gasteiger partial charge in [-0.3, -0.25) is 0 Å². The molecule has 0 aromatic rings. The largest absolute Gasteiger partial charge is 0.394 e. The lowest BCUT2D eigenvalue weighted by atomic mass is 10.0. The molecular weight excluding hydrogens is 252 g/mol. The van der Waals surface area contributed by atoms with Crippen LogP contribution in [0.1, 0.15) is 25.7 Å². The molecule has 108 valence electrons. The van der Waals surface area contributed by atoms with Crippen LogP contribution in [0, 0.1) is 0 Å². The van der Waals surface area contributed by atoms with Crippen LogP contribution in [-0.4, -0.2) is 60.9 Å². The van der Waals surface area contributed by atoms with E-state index in [4.69, 9.17) is 9.84 Å². The number of aliphatic imine (C=N–C) groups is 2. The van der Waals surface area contributed by atoms with Crippen LogP contribution in [0.3, 0.4) is 0 Å². The van der Waals surface area contributed by atoms with Gasteiger partial charge in [0.05, 0.1) is 32.4 Å². The number of hydrogen-bond donors (Lipinski definition) is 2. The lowest BCUT2D eigenvalue weighted by Gasteiger charge is -2.17. The van der Waals surface area contributed by atoms with Gasteiger partial charge >= 0.3 is 0 Å². The Balaban J connectivity index is 3.89. The molecule has 7 heteroatoms. The van der Waals surface area contributed by atoms with E-state index < -0.39 is 12.1 Å². The summed E-state index contributed by atoms with van der Waals surface area (Å²) in [6.07, 6.45) is 4.87. The Morgan fingerprint density at radius 2 is 1.95 bits per heavy atom. The Bertz CT molecular complexity index is 311. The average molecular weight is 272 g/mol. The molecule has 0 radical (unpaired) electrons. The molecule has 0 aliphatic carbocycles.